The van der Waals surface area contributed by atoms with Crippen molar-refractivity contribution in [2.24, 2.45) is 0 Å². The third kappa shape index (κ3) is 3.45. The van der Waals surface area contributed by atoms with Crippen LogP contribution in [0.5, 0.6) is 0 Å². The van der Waals surface area contributed by atoms with Gasteiger partial charge in [0.2, 0.25) is 5.95 Å². The third-order valence-corrected chi connectivity index (χ3v) is 4.68. The van der Waals surface area contributed by atoms with Gasteiger partial charge >= 0.3 is 0 Å². The van der Waals surface area contributed by atoms with E-state index in [0.29, 0.717) is 37.4 Å². The molecule has 0 saturated carbocycles. The van der Waals surface area contributed by atoms with Crippen molar-refractivity contribution in [3.63, 3.8) is 0 Å². The number of hydrogen-bond acceptors (Lipinski definition) is 5. The second-order valence-electron chi connectivity index (χ2n) is 6.18. The van der Waals surface area contributed by atoms with Gasteiger partial charge < -0.3 is 10.2 Å². The molecule has 1 N–H and O–H groups in total. The molecule has 1 aliphatic heterocycles. The molecular weight excluding hydrogens is 314 g/mol. The minimum atomic E-state index is -0.510. The van der Waals surface area contributed by atoms with Gasteiger partial charge in [-0.2, -0.15) is 5.26 Å². The van der Waals surface area contributed by atoms with Gasteiger partial charge in [-0.25, -0.2) is 9.97 Å². The Kier molecular flexibility index (Phi) is 4.94. The molecular formula is C19H21N5O. The van der Waals surface area contributed by atoms with Gasteiger partial charge in [-0.1, -0.05) is 30.3 Å². The molecule has 1 amide bonds. The minimum Gasteiger partial charge on any atom is -0.355 e. The van der Waals surface area contributed by atoms with Crippen LogP contribution >= 0.6 is 0 Å². The van der Waals surface area contributed by atoms with E-state index in [1.54, 1.807) is 17.3 Å². The van der Waals surface area contributed by atoms with Gasteiger partial charge in [0.05, 0.1) is 17.0 Å². The van der Waals surface area contributed by atoms with Crippen LogP contribution in [0.4, 0.5) is 5.95 Å². The van der Waals surface area contributed by atoms with E-state index in [9.17, 15) is 10.1 Å². The number of likely N-dealkylation sites (tertiary alicyclic amines) is 1. The zero-order valence-corrected chi connectivity index (χ0v) is 14.3. The summed E-state index contributed by atoms with van der Waals surface area (Å²) in [4.78, 5) is 22.7. The van der Waals surface area contributed by atoms with Crippen molar-refractivity contribution in [2.45, 2.75) is 25.2 Å². The summed E-state index contributed by atoms with van der Waals surface area (Å²) in [5.74, 6) is 0.438. The highest BCUT2D eigenvalue weighted by atomic mass is 16.2. The number of rotatable bonds is 4. The van der Waals surface area contributed by atoms with E-state index in [1.165, 1.54) is 0 Å². The summed E-state index contributed by atoms with van der Waals surface area (Å²) >= 11 is 0. The second-order valence-corrected chi connectivity index (χ2v) is 6.18. The van der Waals surface area contributed by atoms with Crippen molar-refractivity contribution in [3.05, 3.63) is 53.9 Å². The van der Waals surface area contributed by atoms with Crippen LogP contribution in [0.2, 0.25) is 0 Å². The fourth-order valence-corrected chi connectivity index (χ4v) is 3.18. The first-order valence-corrected chi connectivity index (χ1v) is 8.50. The van der Waals surface area contributed by atoms with Gasteiger partial charge in [0.25, 0.3) is 5.91 Å². The largest absolute Gasteiger partial charge is 0.355 e. The maximum absolute atomic E-state index is 12.6. The minimum absolute atomic E-state index is 0.0809. The lowest BCUT2D eigenvalue weighted by Gasteiger charge is -2.37. The second kappa shape index (κ2) is 7.31. The van der Waals surface area contributed by atoms with Crippen LogP contribution < -0.4 is 5.32 Å². The van der Waals surface area contributed by atoms with E-state index in [4.69, 9.17) is 0 Å². The van der Waals surface area contributed by atoms with Crippen molar-refractivity contribution < 1.29 is 4.79 Å². The van der Waals surface area contributed by atoms with E-state index >= 15 is 0 Å². The summed E-state index contributed by atoms with van der Waals surface area (Å²) in [5.41, 5.74) is 0.998. The molecule has 3 rings (SSSR count). The Balaban J connectivity index is 1.69. The summed E-state index contributed by atoms with van der Waals surface area (Å²) in [5, 5.41) is 12.7. The highest BCUT2D eigenvalue weighted by molar-refractivity contribution is 5.93. The number of nitrogens with zero attached hydrogens (tertiary/aromatic N) is 4. The number of benzene rings is 1. The lowest BCUT2D eigenvalue weighted by atomic mass is 9.74. The number of piperidine rings is 1. The van der Waals surface area contributed by atoms with E-state index in [1.807, 2.05) is 37.3 Å². The van der Waals surface area contributed by atoms with E-state index in [-0.39, 0.29) is 5.91 Å². The first kappa shape index (κ1) is 16.9. The van der Waals surface area contributed by atoms with Crippen LogP contribution in [0, 0.1) is 11.3 Å². The zero-order valence-electron chi connectivity index (χ0n) is 14.3. The van der Waals surface area contributed by atoms with E-state index in [2.05, 4.69) is 21.4 Å². The molecule has 0 spiro atoms. The first-order valence-electron chi connectivity index (χ1n) is 8.50. The molecule has 0 radical (unpaired) electrons. The molecule has 0 aliphatic carbocycles. The monoisotopic (exact) mass is 335 g/mol. The molecule has 0 unspecified atom stereocenters. The fraction of sp³-hybridized carbons (Fsp3) is 0.368. The zero-order chi connectivity index (χ0) is 17.7. The number of hydrogen-bond donors (Lipinski definition) is 1. The van der Waals surface area contributed by atoms with Gasteiger partial charge in [0.15, 0.2) is 0 Å². The lowest BCUT2D eigenvalue weighted by molar-refractivity contribution is 0.0691. The van der Waals surface area contributed by atoms with Crippen LogP contribution in [0.3, 0.4) is 0 Å². The molecule has 1 fully saturated rings. The van der Waals surface area contributed by atoms with Gasteiger partial charge in [-0.15, -0.1) is 0 Å². The number of nitriles is 1. The standard InChI is InChI=1S/C19H21N5O/c1-2-21-18-22-12-15(13-23-18)17(25)24-10-8-19(14-20,9-11-24)16-6-4-3-5-7-16/h3-7,12-13H,2,8-11H2,1H3,(H,21,22,23). The predicted molar refractivity (Wildman–Crippen MR) is 95.1 cm³/mol. The van der Waals surface area contributed by atoms with Crippen LogP contribution in [0.1, 0.15) is 35.7 Å². The summed E-state index contributed by atoms with van der Waals surface area (Å²) in [7, 11) is 0. The number of anilines is 1. The molecule has 128 valence electrons. The Bertz CT molecular complexity index is 759. The summed E-state index contributed by atoms with van der Waals surface area (Å²) < 4.78 is 0. The molecule has 2 aromatic rings. The smallest absolute Gasteiger partial charge is 0.256 e. The van der Waals surface area contributed by atoms with Gasteiger partial charge in [0, 0.05) is 32.0 Å². The molecule has 1 aliphatic rings. The molecule has 25 heavy (non-hydrogen) atoms. The van der Waals surface area contributed by atoms with Crippen LogP contribution in [0.15, 0.2) is 42.7 Å². The number of nitrogens with one attached hydrogen (secondary N) is 1. The first-order chi connectivity index (χ1) is 12.2. The number of carbonyl (C=O) groups is 1. The molecule has 1 saturated heterocycles. The van der Waals surface area contributed by atoms with Gasteiger partial charge in [-0.05, 0) is 25.3 Å². The molecule has 6 heteroatoms. The van der Waals surface area contributed by atoms with Gasteiger partial charge in [0.1, 0.15) is 0 Å². The normalized spacial score (nSPS) is 16.1. The molecule has 1 aromatic heterocycles. The molecule has 0 bridgehead atoms. The Hall–Kier alpha value is -2.94. The summed E-state index contributed by atoms with van der Waals surface area (Å²) in [6.07, 6.45) is 4.37. The predicted octanol–water partition coefficient (Wildman–Crippen LogP) is 2.61. The molecule has 6 nitrogen and oxygen atoms in total. The third-order valence-electron chi connectivity index (χ3n) is 4.68. The fourth-order valence-electron chi connectivity index (χ4n) is 3.18. The van der Waals surface area contributed by atoms with Crippen molar-refractivity contribution in [1.82, 2.24) is 14.9 Å². The van der Waals surface area contributed by atoms with Crippen molar-refractivity contribution in [3.8, 4) is 6.07 Å². The van der Waals surface area contributed by atoms with Crippen LogP contribution in [-0.2, 0) is 5.41 Å². The molecule has 2 heterocycles. The SMILES string of the molecule is CCNc1ncc(C(=O)N2CCC(C#N)(c3ccccc3)CC2)cn1. The Morgan fingerprint density at radius 2 is 1.88 bits per heavy atom. The van der Waals surface area contributed by atoms with Crippen molar-refractivity contribution in [1.29, 1.82) is 5.26 Å². The number of aromatic nitrogens is 2. The van der Waals surface area contributed by atoms with E-state index < -0.39 is 5.41 Å². The molecule has 1 aromatic carbocycles. The quantitative estimate of drug-likeness (QED) is 0.929. The summed E-state index contributed by atoms with van der Waals surface area (Å²) in [6.45, 7) is 3.80. The van der Waals surface area contributed by atoms with E-state index in [0.717, 1.165) is 12.1 Å². The van der Waals surface area contributed by atoms with Crippen molar-refractivity contribution in [2.75, 3.05) is 25.0 Å². The van der Waals surface area contributed by atoms with Crippen LogP contribution in [0.25, 0.3) is 0 Å². The maximum atomic E-state index is 12.6. The number of amides is 1. The Morgan fingerprint density at radius 3 is 2.44 bits per heavy atom. The Labute approximate surface area is 147 Å². The maximum Gasteiger partial charge on any atom is 0.256 e. The van der Waals surface area contributed by atoms with Crippen LogP contribution in [-0.4, -0.2) is 40.4 Å². The highest BCUT2D eigenvalue weighted by Gasteiger charge is 2.37. The molecule has 0 atom stereocenters. The average Bonchev–Trinajstić information content (AvgIpc) is 2.69. The highest BCUT2D eigenvalue weighted by Crippen LogP contribution is 2.35. The number of carbonyl (C=O) groups excluding carboxylic acids is 1. The Morgan fingerprint density at radius 1 is 1.24 bits per heavy atom. The van der Waals surface area contributed by atoms with Crippen molar-refractivity contribution >= 4 is 11.9 Å². The lowest BCUT2D eigenvalue weighted by Crippen LogP contribution is -2.44. The topological polar surface area (TPSA) is 81.9 Å². The van der Waals surface area contributed by atoms with Gasteiger partial charge in [-0.3, -0.25) is 4.79 Å². The average molecular weight is 335 g/mol. The summed E-state index contributed by atoms with van der Waals surface area (Å²) in [6, 6.07) is 12.3.